The van der Waals surface area contributed by atoms with Crippen LogP contribution in [0.4, 0.5) is 5.69 Å². The van der Waals surface area contributed by atoms with Crippen LogP contribution >= 0.6 is 34.2 Å². The molecule has 1 N–H and O–H groups in total. The SMILES string of the molecule is O=C(COc1ccc(C(=O)c2ccc(Cl)cc2)cc1)Nc1cccc(I)c1. The molecule has 0 saturated carbocycles. The average Bonchev–Trinajstić information content (AvgIpc) is 2.67. The summed E-state index contributed by atoms with van der Waals surface area (Å²) in [6.45, 7) is -0.115. The number of ketones is 1. The van der Waals surface area contributed by atoms with Crippen LogP contribution in [0.25, 0.3) is 0 Å². The summed E-state index contributed by atoms with van der Waals surface area (Å²) in [5.74, 6) is 0.161. The number of amides is 1. The van der Waals surface area contributed by atoms with Crippen molar-refractivity contribution in [2.75, 3.05) is 11.9 Å². The minimum Gasteiger partial charge on any atom is -0.484 e. The second kappa shape index (κ2) is 9.01. The fourth-order valence-corrected chi connectivity index (χ4v) is 3.05. The molecule has 3 aromatic rings. The van der Waals surface area contributed by atoms with Gasteiger partial charge in [0, 0.05) is 25.4 Å². The summed E-state index contributed by atoms with van der Waals surface area (Å²) in [4.78, 5) is 24.4. The van der Waals surface area contributed by atoms with E-state index >= 15 is 0 Å². The maximum Gasteiger partial charge on any atom is 0.262 e. The highest BCUT2D eigenvalue weighted by Crippen LogP contribution is 2.17. The van der Waals surface area contributed by atoms with Crippen LogP contribution in [0, 0.1) is 3.57 Å². The van der Waals surface area contributed by atoms with Gasteiger partial charge in [-0.05, 0) is 89.3 Å². The summed E-state index contributed by atoms with van der Waals surface area (Å²) in [5, 5.41) is 3.36. The van der Waals surface area contributed by atoms with Crippen LogP contribution < -0.4 is 10.1 Å². The van der Waals surface area contributed by atoms with Crippen molar-refractivity contribution < 1.29 is 14.3 Å². The first-order valence-corrected chi connectivity index (χ1v) is 9.55. The van der Waals surface area contributed by atoms with E-state index in [1.807, 2.05) is 24.3 Å². The van der Waals surface area contributed by atoms with Crippen LogP contribution in [-0.2, 0) is 4.79 Å². The molecule has 136 valence electrons. The van der Waals surface area contributed by atoms with Gasteiger partial charge in [0.1, 0.15) is 5.75 Å². The first-order valence-electron chi connectivity index (χ1n) is 8.10. The maximum atomic E-state index is 12.4. The Morgan fingerprint density at radius 1 is 0.926 bits per heavy atom. The molecule has 3 rings (SSSR count). The lowest BCUT2D eigenvalue weighted by molar-refractivity contribution is -0.118. The molecule has 0 aliphatic carbocycles. The Balaban J connectivity index is 1.56. The largest absolute Gasteiger partial charge is 0.484 e. The van der Waals surface area contributed by atoms with Gasteiger partial charge in [-0.15, -0.1) is 0 Å². The van der Waals surface area contributed by atoms with Gasteiger partial charge >= 0.3 is 0 Å². The van der Waals surface area contributed by atoms with Crippen LogP contribution in [-0.4, -0.2) is 18.3 Å². The van der Waals surface area contributed by atoms with Crippen molar-refractivity contribution in [3.8, 4) is 5.75 Å². The number of carbonyl (C=O) groups is 2. The van der Waals surface area contributed by atoms with Crippen molar-refractivity contribution in [2.24, 2.45) is 0 Å². The van der Waals surface area contributed by atoms with E-state index in [2.05, 4.69) is 27.9 Å². The molecule has 0 bridgehead atoms. The van der Waals surface area contributed by atoms with Gasteiger partial charge in [0.25, 0.3) is 5.91 Å². The quantitative estimate of drug-likeness (QED) is 0.381. The molecular weight excluding hydrogens is 477 g/mol. The van der Waals surface area contributed by atoms with Gasteiger partial charge in [0.2, 0.25) is 0 Å². The van der Waals surface area contributed by atoms with E-state index in [-0.39, 0.29) is 18.3 Å². The molecular formula is C21H15ClINO3. The first-order chi connectivity index (χ1) is 13.0. The molecule has 0 atom stereocenters. The molecule has 1 amide bonds. The number of hydrogen-bond acceptors (Lipinski definition) is 3. The Bertz CT molecular complexity index is 956. The molecule has 0 radical (unpaired) electrons. The average molecular weight is 492 g/mol. The van der Waals surface area contributed by atoms with Crippen LogP contribution in [0.3, 0.4) is 0 Å². The fraction of sp³-hybridized carbons (Fsp3) is 0.0476. The zero-order chi connectivity index (χ0) is 19.2. The van der Waals surface area contributed by atoms with Crippen molar-refractivity contribution in [2.45, 2.75) is 0 Å². The highest BCUT2D eigenvalue weighted by atomic mass is 127. The number of carbonyl (C=O) groups excluding carboxylic acids is 2. The minimum absolute atomic E-state index is 0.102. The normalized spacial score (nSPS) is 10.3. The molecule has 0 aliphatic heterocycles. The molecule has 3 aromatic carbocycles. The van der Waals surface area contributed by atoms with Crippen molar-refractivity contribution in [3.05, 3.63) is 92.5 Å². The van der Waals surface area contributed by atoms with Gasteiger partial charge in [-0.25, -0.2) is 0 Å². The van der Waals surface area contributed by atoms with E-state index in [1.165, 1.54) is 0 Å². The van der Waals surface area contributed by atoms with E-state index in [1.54, 1.807) is 48.5 Å². The third kappa shape index (κ3) is 5.55. The van der Waals surface area contributed by atoms with Gasteiger partial charge in [-0.2, -0.15) is 0 Å². The number of hydrogen-bond donors (Lipinski definition) is 1. The first kappa shape index (κ1) is 19.4. The molecule has 0 unspecified atom stereocenters. The number of rotatable bonds is 6. The van der Waals surface area contributed by atoms with Crippen LogP contribution in [0.1, 0.15) is 15.9 Å². The van der Waals surface area contributed by atoms with Gasteiger partial charge < -0.3 is 10.1 Å². The minimum atomic E-state index is -0.252. The highest BCUT2D eigenvalue weighted by Gasteiger charge is 2.10. The van der Waals surface area contributed by atoms with Crippen molar-refractivity contribution in [1.29, 1.82) is 0 Å². The van der Waals surface area contributed by atoms with Gasteiger partial charge in [-0.1, -0.05) is 17.7 Å². The Hall–Kier alpha value is -2.38. The van der Waals surface area contributed by atoms with Crippen molar-refractivity contribution in [1.82, 2.24) is 0 Å². The summed E-state index contributed by atoms with van der Waals surface area (Å²) in [5.41, 5.74) is 1.82. The monoisotopic (exact) mass is 491 g/mol. The standard InChI is InChI=1S/C21H15ClINO3/c22-16-8-4-14(5-9-16)21(26)15-6-10-19(11-7-15)27-13-20(25)24-18-3-1-2-17(23)12-18/h1-12H,13H2,(H,24,25). The highest BCUT2D eigenvalue weighted by molar-refractivity contribution is 14.1. The molecule has 6 heteroatoms. The Labute approximate surface area is 175 Å². The van der Waals surface area contributed by atoms with E-state index < -0.39 is 0 Å². The van der Waals surface area contributed by atoms with Crippen molar-refractivity contribution in [3.63, 3.8) is 0 Å². The Morgan fingerprint density at radius 2 is 1.56 bits per heavy atom. The lowest BCUT2D eigenvalue weighted by atomic mass is 10.0. The lowest BCUT2D eigenvalue weighted by Gasteiger charge is -2.08. The molecule has 0 aromatic heterocycles. The predicted molar refractivity (Wildman–Crippen MR) is 115 cm³/mol. The number of halogens is 2. The molecule has 0 saturated heterocycles. The predicted octanol–water partition coefficient (Wildman–Crippen LogP) is 5.19. The lowest BCUT2D eigenvalue weighted by Crippen LogP contribution is -2.20. The molecule has 0 heterocycles. The molecule has 0 fully saturated rings. The smallest absolute Gasteiger partial charge is 0.262 e. The third-order valence-electron chi connectivity index (χ3n) is 3.70. The number of benzene rings is 3. The number of ether oxygens (including phenoxy) is 1. The summed E-state index contributed by atoms with van der Waals surface area (Å²) >= 11 is 8.02. The van der Waals surface area contributed by atoms with E-state index in [9.17, 15) is 9.59 Å². The Kier molecular flexibility index (Phi) is 6.47. The summed E-state index contributed by atoms with van der Waals surface area (Å²) in [6, 6.07) is 20.9. The topological polar surface area (TPSA) is 55.4 Å². The molecule has 4 nitrogen and oxygen atoms in total. The second-order valence-electron chi connectivity index (χ2n) is 5.71. The zero-order valence-electron chi connectivity index (χ0n) is 14.1. The van der Waals surface area contributed by atoms with E-state index in [4.69, 9.17) is 16.3 Å². The van der Waals surface area contributed by atoms with Gasteiger partial charge in [-0.3, -0.25) is 9.59 Å². The second-order valence-corrected chi connectivity index (χ2v) is 7.39. The molecule has 27 heavy (non-hydrogen) atoms. The fourth-order valence-electron chi connectivity index (χ4n) is 2.38. The van der Waals surface area contributed by atoms with E-state index in [0.717, 1.165) is 9.26 Å². The van der Waals surface area contributed by atoms with Crippen molar-refractivity contribution >= 4 is 51.6 Å². The van der Waals surface area contributed by atoms with Gasteiger partial charge in [0.15, 0.2) is 12.4 Å². The molecule has 0 spiro atoms. The van der Waals surface area contributed by atoms with Crippen LogP contribution in [0.15, 0.2) is 72.8 Å². The van der Waals surface area contributed by atoms with E-state index in [0.29, 0.717) is 21.9 Å². The maximum absolute atomic E-state index is 12.4. The van der Waals surface area contributed by atoms with Gasteiger partial charge in [0.05, 0.1) is 0 Å². The number of anilines is 1. The number of nitrogens with one attached hydrogen (secondary N) is 1. The van der Waals surface area contributed by atoms with Crippen LogP contribution in [0.2, 0.25) is 5.02 Å². The Morgan fingerprint density at radius 3 is 2.19 bits per heavy atom. The molecule has 0 aliphatic rings. The summed E-state index contributed by atoms with van der Waals surface area (Å²) < 4.78 is 6.52. The summed E-state index contributed by atoms with van der Waals surface area (Å²) in [7, 11) is 0. The summed E-state index contributed by atoms with van der Waals surface area (Å²) in [6.07, 6.45) is 0. The third-order valence-corrected chi connectivity index (χ3v) is 4.62. The van der Waals surface area contributed by atoms with Crippen LogP contribution in [0.5, 0.6) is 5.75 Å². The zero-order valence-corrected chi connectivity index (χ0v) is 17.0.